The Morgan fingerprint density at radius 3 is 2.64 bits per heavy atom. The van der Waals surface area contributed by atoms with E-state index in [1.165, 1.54) is 0 Å². The predicted molar refractivity (Wildman–Crippen MR) is 91.2 cm³/mol. The number of aromatic amines is 1. The van der Waals surface area contributed by atoms with E-state index in [4.69, 9.17) is 5.73 Å². The quantitative estimate of drug-likeness (QED) is 0.743. The zero-order valence-electron chi connectivity index (χ0n) is 13.0. The third-order valence-corrected chi connectivity index (χ3v) is 4.04. The predicted octanol–water partition coefficient (Wildman–Crippen LogP) is 3.36. The first-order valence-corrected chi connectivity index (χ1v) is 7.16. The van der Waals surface area contributed by atoms with Crippen molar-refractivity contribution in [1.29, 1.82) is 0 Å². The largest absolute Gasteiger partial charge is 0.399 e. The van der Waals surface area contributed by atoms with Crippen LogP contribution >= 0.6 is 0 Å². The Morgan fingerprint density at radius 1 is 1.27 bits per heavy atom. The fourth-order valence-electron chi connectivity index (χ4n) is 2.99. The van der Waals surface area contributed by atoms with Crippen LogP contribution in [0.2, 0.25) is 0 Å². The maximum Gasteiger partial charge on any atom is 0.256 e. The molecule has 1 aromatic carbocycles. The monoisotopic (exact) mass is 293 g/mol. The lowest BCUT2D eigenvalue weighted by Gasteiger charge is -2.01. The fraction of sp³-hybridized carbons (Fsp3) is 0.167. The van der Waals surface area contributed by atoms with E-state index in [2.05, 4.69) is 16.9 Å². The number of benzene rings is 1. The van der Waals surface area contributed by atoms with Gasteiger partial charge in [0.1, 0.15) is 0 Å². The molecule has 2 aromatic rings. The van der Waals surface area contributed by atoms with Crippen LogP contribution in [-0.4, -0.2) is 10.9 Å². The summed E-state index contributed by atoms with van der Waals surface area (Å²) < 4.78 is 0. The summed E-state index contributed by atoms with van der Waals surface area (Å²) in [7, 11) is 0. The average molecular weight is 293 g/mol. The topological polar surface area (TPSA) is 70.9 Å². The van der Waals surface area contributed by atoms with Crippen molar-refractivity contribution in [2.75, 3.05) is 5.32 Å². The van der Waals surface area contributed by atoms with Crippen molar-refractivity contribution < 1.29 is 4.79 Å². The highest BCUT2D eigenvalue weighted by molar-refractivity contribution is 6.34. The average Bonchev–Trinajstić information content (AvgIpc) is 2.88. The van der Waals surface area contributed by atoms with E-state index in [0.717, 1.165) is 39.3 Å². The van der Waals surface area contributed by atoms with Gasteiger partial charge in [-0.3, -0.25) is 4.79 Å². The van der Waals surface area contributed by atoms with Gasteiger partial charge in [-0.25, -0.2) is 0 Å². The van der Waals surface area contributed by atoms with Gasteiger partial charge in [0.15, 0.2) is 0 Å². The Bertz CT molecular complexity index is 840. The van der Waals surface area contributed by atoms with E-state index >= 15 is 0 Å². The molecule has 0 saturated carbocycles. The van der Waals surface area contributed by atoms with Gasteiger partial charge in [-0.15, -0.1) is 0 Å². The molecular formula is C18H19N3O. The number of H-pyrrole nitrogens is 1. The number of fused-ring (bicyclic) bond motifs is 1. The van der Waals surface area contributed by atoms with Gasteiger partial charge in [0.25, 0.3) is 5.91 Å². The fourth-order valence-corrected chi connectivity index (χ4v) is 2.99. The van der Waals surface area contributed by atoms with Crippen LogP contribution in [0, 0.1) is 20.8 Å². The minimum atomic E-state index is -0.0830. The molecule has 22 heavy (non-hydrogen) atoms. The number of anilines is 1. The number of carbonyl (C=O) groups is 1. The first kappa shape index (κ1) is 14.2. The Hall–Kier alpha value is -2.75. The van der Waals surface area contributed by atoms with Crippen LogP contribution in [0.15, 0.2) is 24.8 Å². The molecule has 3 rings (SSSR count). The number of aryl methyl sites for hydroxylation is 2. The number of carbonyl (C=O) groups excluding carboxylic acids is 1. The van der Waals surface area contributed by atoms with Crippen molar-refractivity contribution in [1.82, 2.24) is 4.98 Å². The van der Waals surface area contributed by atoms with Crippen LogP contribution in [0.25, 0.3) is 17.3 Å². The Balaban J connectivity index is 2.15. The van der Waals surface area contributed by atoms with Gasteiger partial charge in [-0.05, 0) is 44.5 Å². The summed E-state index contributed by atoms with van der Waals surface area (Å²) in [6.45, 7) is 9.76. The lowest BCUT2D eigenvalue weighted by atomic mass is 10.0. The smallest absolute Gasteiger partial charge is 0.256 e. The first-order valence-electron chi connectivity index (χ1n) is 7.16. The maximum atomic E-state index is 12.2. The first-order chi connectivity index (χ1) is 10.4. The summed E-state index contributed by atoms with van der Waals surface area (Å²) >= 11 is 0. The van der Waals surface area contributed by atoms with Crippen LogP contribution in [0.1, 0.15) is 33.6 Å². The molecule has 0 spiro atoms. The van der Waals surface area contributed by atoms with Crippen molar-refractivity contribution in [3.05, 3.63) is 58.4 Å². The third kappa shape index (κ3) is 2.13. The molecule has 4 nitrogen and oxygen atoms in total. The van der Waals surface area contributed by atoms with Crippen LogP contribution in [0.5, 0.6) is 0 Å². The van der Waals surface area contributed by atoms with Crippen molar-refractivity contribution in [3.8, 4) is 0 Å². The highest BCUT2D eigenvalue weighted by Gasteiger charge is 2.24. The molecule has 4 heteroatoms. The standard InChI is InChI=1S/C18H19N3O/c1-9-5-6-15-13(7-9)14(18(22)21-15)8-16-10(2)17(11(3)19)12(4)20-16/h5-8,20H,3,19H2,1-2,4H3,(H,21,22)/b14-8-. The van der Waals surface area contributed by atoms with Gasteiger partial charge in [-0.2, -0.15) is 0 Å². The highest BCUT2D eigenvalue weighted by atomic mass is 16.2. The molecule has 0 fully saturated rings. The van der Waals surface area contributed by atoms with Gasteiger partial charge in [0.2, 0.25) is 0 Å². The van der Waals surface area contributed by atoms with Crippen molar-refractivity contribution in [2.24, 2.45) is 5.73 Å². The Labute approximate surface area is 129 Å². The molecule has 0 aliphatic carbocycles. The van der Waals surface area contributed by atoms with Gasteiger partial charge in [0, 0.05) is 33.9 Å². The lowest BCUT2D eigenvalue weighted by molar-refractivity contribution is -0.110. The summed E-state index contributed by atoms with van der Waals surface area (Å²) in [5, 5.41) is 2.90. The number of nitrogens with one attached hydrogen (secondary N) is 2. The van der Waals surface area contributed by atoms with Crippen molar-refractivity contribution in [2.45, 2.75) is 20.8 Å². The second-order valence-corrected chi connectivity index (χ2v) is 5.75. The van der Waals surface area contributed by atoms with E-state index in [-0.39, 0.29) is 5.91 Å². The van der Waals surface area contributed by atoms with Crippen molar-refractivity contribution in [3.63, 3.8) is 0 Å². The molecule has 1 aromatic heterocycles. The van der Waals surface area contributed by atoms with Gasteiger partial charge >= 0.3 is 0 Å². The molecule has 0 unspecified atom stereocenters. The normalized spacial score (nSPS) is 15.0. The zero-order chi connectivity index (χ0) is 16.0. The van der Waals surface area contributed by atoms with Crippen molar-refractivity contribution >= 4 is 28.9 Å². The molecule has 0 radical (unpaired) electrons. The molecular weight excluding hydrogens is 274 g/mol. The number of aromatic nitrogens is 1. The van der Waals surface area contributed by atoms with E-state index in [1.807, 2.05) is 45.0 Å². The van der Waals surface area contributed by atoms with E-state index in [0.29, 0.717) is 11.3 Å². The van der Waals surface area contributed by atoms with Crippen LogP contribution < -0.4 is 11.1 Å². The molecule has 112 valence electrons. The number of amides is 1. The zero-order valence-corrected chi connectivity index (χ0v) is 13.0. The second-order valence-electron chi connectivity index (χ2n) is 5.75. The SMILES string of the molecule is C=C(N)c1c(C)[nH]c(/C=C2\C(=O)Nc3ccc(C)cc32)c1C. The number of rotatable bonds is 2. The summed E-state index contributed by atoms with van der Waals surface area (Å²) in [6.07, 6.45) is 1.88. The van der Waals surface area contributed by atoms with Crippen LogP contribution in [-0.2, 0) is 4.79 Å². The highest BCUT2D eigenvalue weighted by Crippen LogP contribution is 2.34. The molecule has 2 heterocycles. The summed E-state index contributed by atoms with van der Waals surface area (Å²) in [5.74, 6) is -0.0830. The third-order valence-electron chi connectivity index (χ3n) is 4.04. The van der Waals surface area contributed by atoms with E-state index in [1.54, 1.807) is 0 Å². The summed E-state index contributed by atoms with van der Waals surface area (Å²) in [5.41, 5.74) is 13.7. The minimum absolute atomic E-state index is 0.0830. The maximum absolute atomic E-state index is 12.2. The second kappa shape index (κ2) is 4.91. The molecule has 1 aliphatic rings. The molecule has 0 saturated heterocycles. The van der Waals surface area contributed by atoms with Gasteiger partial charge in [-0.1, -0.05) is 18.2 Å². The molecule has 0 atom stereocenters. The Morgan fingerprint density at radius 2 is 2.00 bits per heavy atom. The summed E-state index contributed by atoms with van der Waals surface area (Å²) in [4.78, 5) is 15.5. The molecule has 4 N–H and O–H groups in total. The Kier molecular flexibility index (Phi) is 3.17. The van der Waals surface area contributed by atoms with E-state index < -0.39 is 0 Å². The minimum Gasteiger partial charge on any atom is -0.399 e. The lowest BCUT2D eigenvalue weighted by Crippen LogP contribution is -2.03. The molecule has 0 bridgehead atoms. The van der Waals surface area contributed by atoms with Gasteiger partial charge < -0.3 is 16.0 Å². The molecule has 1 amide bonds. The summed E-state index contributed by atoms with van der Waals surface area (Å²) in [6, 6.07) is 5.94. The number of hydrogen-bond acceptors (Lipinski definition) is 2. The molecule has 1 aliphatic heterocycles. The number of nitrogens with two attached hydrogens (primary N) is 1. The van der Waals surface area contributed by atoms with Crippen LogP contribution in [0.4, 0.5) is 5.69 Å². The van der Waals surface area contributed by atoms with E-state index in [9.17, 15) is 4.79 Å². The number of hydrogen-bond donors (Lipinski definition) is 3. The van der Waals surface area contributed by atoms with Crippen LogP contribution in [0.3, 0.4) is 0 Å². The van der Waals surface area contributed by atoms with Gasteiger partial charge in [0.05, 0.1) is 5.57 Å².